The largest absolute Gasteiger partial charge is 0.379 e. The van der Waals surface area contributed by atoms with Gasteiger partial charge in [0, 0.05) is 38.1 Å². The minimum atomic E-state index is -3.68. The maximum atomic E-state index is 11.4. The van der Waals surface area contributed by atoms with Gasteiger partial charge in [-0.05, 0) is 29.1 Å². The van der Waals surface area contributed by atoms with Crippen molar-refractivity contribution in [1.82, 2.24) is 15.5 Å². The lowest BCUT2D eigenvalue weighted by atomic mass is 10.2. The summed E-state index contributed by atoms with van der Waals surface area (Å²) in [5.74, 6) is 0.690. The molecule has 1 aliphatic heterocycles. The van der Waals surface area contributed by atoms with Crippen LogP contribution in [0.1, 0.15) is 16.5 Å². The number of thiophene rings is 1. The summed E-state index contributed by atoms with van der Waals surface area (Å²) in [5, 5.41) is 13.9. The summed E-state index contributed by atoms with van der Waals surface area (Å²) in [4.78, 5) is 8.15. The van der Waals surface area contributed by atoms with Crippen LogP contribution in [0.5, 0.6) is 0 Å². The van der Waals surface area contributed by atoms with Gasteiger partial charge in [-0.15, -0.1) is 35.3 Å². The van der Waals surface area contributed by atoms with E-state index in [4.69, 9.17) is 9.88 Å². The van der Waals surface area contributed by atoms with Gasteiger partial charge in [-0.25, -0.2) is 13.6 Å². The van der Waals surface area contributed by atoms with E-state index in [0.29, 0.717) is 12.5 Å². The third-order valence-electron chi connectivity index (χ3n) is 4.76. The Balaban J connectivity index is 0.00000320. The summed E-state index contributed by atoms with van der Waals surface area (Å²) in [5.41, 5.74) is 0.934. The van der Waals surface area contributed by atoms with Crippen molar-refractivity contribution in [3.05, 3.63) is 52.2 Å². The second-order valence-electron chi connectivity index (χ2n) is 6.68. The fourth-order valence-corrected chi connectivity index (χ4v) is 4.55. The SMILES string of the molecule is CN=C(NCc1ccc(S(N)(=O)=O)cc1)NCC(c1cccs1)N1CCOCC1.I. The predicted octanol–water partition coefficient (Wildman–Crippen LogP) is 1.75. The molecular weight excluding hydrogens is 537 g/mol. The highest BCUT2D eigenvalue weighted by Gasteiger charge is 2.23. The molecule has 8 nitrogen and oxygen atoms in total. The zero-order valence-electron chi connectivity index (χ0n) is 16.8. The molecule has 0 saturated carbocycles. The van der Waals surface area contributed by atoms with Crippen LogP contribution in [0.25, 0.3) is 0 Å². The minimum Gasteiger partial charge on any atom is -0.379 e. The maximum absolute atomic E-state index is 11.4. The lowest BCUT2D eigenvalue weighted by Gasteiger charge is -2.34. The number of rotatable bonds is 7. The number of ether oxygens (including phenoxy) is 1. The van der Waals surface area contributed by atoms with Crippen molar-refractivity contribution in [2.24, 2.45) is 10.1 Å². The average molecular weight is 566 g/mol. The Kier molecular flexibility index (Phi) is 9.97. The number of halogens is 1. The Morgan fingerprint density at radius 2 is 1.93 bits per heavy atom. The summed E-state index contributed by atoms with van der Waals surface area (Å²) in [6.07, 6.45) is 0. The van der Waals surface area contributed by atoms with E-state index in [-0.39, 0.29) is 34.9 Å². The number of hydrogen-bond acceptors (Lipinski definition) is 6. The molecular formula is C19H28IN5O3S2. The molecule has 1 fully saturated rings. The van der Waals surface area contributed by atoms with Crippen LogP contribution in [0.15, 0.2) is 51.7 Å². The molecule has 1 aromatic heterocycles. The molecule has 0 bridgehead atoms. The van der Waals surface area contributed by atoms with Gasteiger partial charge in [0.25, 0.3) is 0 Å². The minimum absolute atomic E-state index is 0. The van der Waals surface area contributed by atoms with Gasteiger partial charge in [-0.2, -0.15) is 0 Å². The van der Waals surface area contributed by atoms with Crippen LogP contribution in [-0.4, -0.2) is 59.2 Å². The number of nitrogens with zero attached hydrogens (tertiary/aromatic N) is 2. The number of aliphatic imine (C=N–C) groups is 1. The monoisotopic (exact) mass is 565 g/mol. The molecule has 1 aromatic carbocycles. The van der Waals surface area contributed by atoms with Crippen molar-refractivity contribution in [3.8, 4) is 0 Å². The molecule has 1 unspecified atom stereocenters. The molecule has 11 heteroatoms. The van der Waals surface area contributed by atoms with Crippen molar-refractivity contribution >= 4 is 51.3 Å². The Morgan fingerprint density at radius 3 is 2.50 bits per heavy atom. The number of nitrogens with one attached hydrogen (secondary N) is 2. The van der Waals surface area contributed by atoms with Gasteiger partial charge in [-0.3, -0.25) is 9.89 Å². The third-order valence-corrected chi connectivity index (χ3v) is 6.66. The summed E-state index contributed by atoms with van der Waals surface area (Å²) in [6.45, 7) is 4.57. The van der Waals surface area contributed by atoms with Gasteiger partial charge in [0.2, 0.25) is 10.0 Å². The topological polar surface area (TPSA) is 109 Å². The van der Waals surface area contributed by atoms with Crippen LogP contribution in [0.4, 0.5) is 0 Å². The molecule has 1 saturated heterocycles. The molecule has 2 aromatic rings. The first kappa shape index (κ1) is 25.0. The summed E-state index contributed by atoms with van der Waals surface area (Å²) in [6, 6.07) is 11.0. The fourth-order valence-electron chi connectivity index (χ4n) is 3.18. The van der Waals surface area contributed by atoms with Crippen molar-refractivity contribution in [3.63, 3.8) is 0 Å². The predicted molar refractivity (Wildman–Crippen MR) is 131 cm³/mol. The van der Waals surface area contributed by atoms with Gasteiger partial charge in [0.1, 0.15) is 0 Å². The highest BCUT2D eigenvalue weighted by atomic mass is 127. The van der Waals surface area contributed by atoms with E-state index in [9.17, 15) is 8.42 Å². The van der Waals surface area contributed by atoms with E-state index in [2.05, 4.69) is 38.0 Å². The molecule has 1 aliphatic rings. The first-order valence-corrected chi connectivity index (χ1v) is 11.8. The standard InChI is InChI=1S/C19H27N5O3S2.HI/c1-21-19(22-13-15-4-6-16(7-5-15)29(20,25)26)23-14-17(18-3-2-12-28-18)24-8-10-27-11-9-24;/h2-7,12,17H,8-11,13-14H2,1H3,(H2,20,25,26)(H2,21,22,23);1H. The third kappa shape index (κ3) is 7.17. The number of guanidine groups is 1. The zero-order chi connectivity index (χ0) is 20.7. The van der Waals surface area contributed by atoms with Crippen molar-refractivity contribution < 1.29 is 13.2 Å². The molecule has 166 valence electrons. The lowest BCUT2D eigenvalue weighted by Crippen LogP contribution is -2.46. The van der Waals surface area contributed by atoms with E-state index in [1.54, 1.807) is 30.5 Å². The molecule has 0 aliphatic carbocycles. The smallest absolute Gasteiger partial charge is 0.238 e. The normalized spacial score (nSPS) is 16.5. The van der Waals surface area contributed by atoms with Gasteiger partial charge in [0.15, 0.2) is 5.96 Å². The molecule has 4 N–H and O–H groups in total. The molecule has 3 rings (SSSR count). The Labute approximate surface area is 199 Å². The number of nitrogens with two attached hydrogens (primary N) is 1. The number of benzene rings is 1. The highest BCUT2D eigenvalue weighted by Crippen LogP contribution is 2.25. The van der Waals surface area contributed by atoms with Gasteiger partial charge < -0.3 is 15.4 Å². The van der Waals surface area contributed by atoms with Crippen molar-refractivity contribution in [1.29, 1.82) is 0 Å². The van der Waals surface area contributed by atoms with Crippen LogP contribution in [0.3, 0.4) is 0 Å². The van der Waals surface area contributed by atoms with E-state index >= 15 is 0 Å². The molecule has 0 radical (unpaired) electrons. The first-order valence-electron chi connectivity index (χ1n) is 9.39. The second-order valence-corrected chi connectivity index (χ2v) is 9.22. The summed E-state index contributed by atoms with van der Waals surface area (Å²) >= 11 is 1.76. The second kappa shape index (κ2) is 12.0. The Hall–Kier alpha value is -1.25. The van der Waals surface area contributed by atoms with Crippen LogP contribution in [-0.2, 0) is 21.3 Å². The molecule has 2 heterocycles. The Morgan fingerprint density at radius 1 is 1.23 bits per heavy atom. The zero-order valence-corrected chi connectivity index (χ0v) is 20.7. The molecule has 1 atom stereocenters. The number of hydrogen-bond donors (Lipinski definition) is 3. The number of primary sulfonamides is 1. The van der Waals surface area contributed by atoms with Gasteiger partial charge >= 0.3 is 0 Å². The van der Waals surface area contributed by atoms with Crippen molar-refractivity contribution in [2.75, 3.05) is 39.9 Å². The highest BCUT2D eigenvalue weighted by molar-refractivity contribution is 14.0. The van der Waals surface area contributed by atoms with Gasteiger partial charge in [-0.1, -0.05) is 18.2 Å². The van der Waals surface area contributed by atoms with Crippen LogP contribution in [0, 0.1) is 0 Å². The maximum Gasteiger partial charge on any atom is 0.238 e. The average Bonchev–Trinajstić information content (AvgIpc) is 3.25. The van der Waals surface area contributed by atoms with Crippen LogP contribution < -0.4 is 15.8 Å². The first-order chi connectivity index (χ1) is 14.0. The van der Waals surface area contributed by atoms with E-state index in [0.717, 1.165) is 38.4 Å². The molecule has 0 amide bonds. The van der Waals surface area contributed by atoms with Crippen molar-refractivity contribution in [2.45, 2.75) is 17.5 Å². The number of morpholine rings is 1. The lowest BCUT2D eigenvalue weighted by molar-refractivity contribution is 0.0177. The summed E-state index contributed by atoms with van der Waals surface area (Å²) < 4.78 is 28.2. The Bertz CT molecular complexity index is 899. The number of sulfonamides is 1. The van der Waals surface area contributed by atoms with E-state index < -0.39 is 10.0 Å². The summed E-state index contributed by atoms with van der Waals surface area (Å²) in [7, 11) is -1.94. The fraction of sp³-hybridized carbons (Fsp3) is 0.421. The van der Waals surface area contributed by atoms with Crippen LogP contribution >= 0.6 is 35.3 Å². The molecule has 0 spiro atoms. The van der Waals surface area contributed by atoms with Gasteiger partial charge in [0.05, 0.1) is 24.2 Å². The quantitative estimate of drug-likeness (QED) is 0.268. The molecule has 30 heavy (non-hydrogen) atoms. The van der Waals surface area contributed by atoms with E-state index in [1.807, 2.05) is 0 Å². The van der Waals surface area contributed by atoms with E-state index in [1.165, 1.54) is 17.0 Å². The van der Waals surface area contributed by atoms with Crippen LogP contribution in [0.2, 0.25) is 0 Å².